The van der Waals surface area contributed by atoms with Gasteiger partial charge in [-0.05, 0) is 88.2 Å². The second-order valence-electron chi connectivity index (χ2n) is 17.4. The Kier molecular flexibility index (Phi) is 17.2. The first kappa shape index (κ1) is 48.3. The van der Waals surface area contributed by atoms with Crippen molar-refractivity contribution in [2.24, 2.45) is 10.9 Å². The third-order valence-corrected chi connectivity index (χ3v) is 11.7. The summed E-state index contributed by atoms with van der Waals surface area (Å²) in [5, 5.41) is 1.92. The van der Waals surface area contributed by atoms with E-state index in [-0.39, 0.29) is 29.9 Å². The molecule has 5 heterocycles. The Morgan fingerprint density at radius 2 is 1.34 bits per heavy atom. The van der Waals surface area contributed by atoms with E-state index in [0.29, 0.717) is 29.7 Å². The number of hydrogen-bond donors (Lipinski definition) is 0. The van der Waals surface area contributed by atoms with Crippen molar-refractivity contribution >= 4 is 55.5 Å². The first-order chi connectivity index (χ1) is 31.3. The van der Waals surface area contributed by atoms with Crippen molar-refractivity contribution in [3.63, 3.8) is 0 Å². The number of hydrogen-bond acceptors (Lipinski definition) is 10. The van der Waals surface area contributed by atoms with Gasteiger partial charge in [-0.1, -0.05) is 108 Å². The van der Waals surface area contributed by atoms with Crippen molar-refractivity contribution in [1.82, 2.24) is 19.5 Å². The van der Waals surface area contributed by atoms with Gasteiger partial charge in [0.05, 0.1) is 50.3 Å². The van der Waals surface area contributed by atoms with Crippen molar-refractivity contribution in [2.75, 3.05) is 6.61 Å². The molecule has 0 aliphatic carbocycles. The zero-order valence-electron chi connectivity index (χ0n) is 39.3. The van der Waals surface area contributed by atoms with Crippen LogP contribution in [0, 0.1) is 5.92 Å². The van der Waals surface area contributed by atoms with Crippen LogP contribution in [-0.4, -0.2) is 44.5 Å². The highest BCUT2D eigenvalue weighted by Gasteiger charge is 2.23. The zero-order chi connectivity index (χ0) is 46.5. The molecule has 65 heavy (non-hydrogen) atoms. The molecule has 0 fully saturated rings. The van der Waals surface area contributed by atoms with E-state index in [1.54, 1.807) is 22.2 Å². The Morgan fingerprint density at radius 1 is 0.692 bits per heavy atom. The number of aromatic nitrogens is 4. The van der Waals surface area contributed by atoms with Crippen molar-refractivity contribution < 1.29 is 18.6 Å². The lowest BCUT2D eigenvalue weighted by Gasteiger charge is -2.28. The number of rotatable bonds is 6. The average molecular weight is 894 g/mol. The summed E-state index contributed by atoms with van der Waals surface area (Å²) in [5.74, 6) is 3.94. The van der Waals surface area contributed by atoms with Gasteiger partial charge in [0.2, 0.25) is 0 Å². The molecular formula is C54H63N5O5S. The summed E-state index contributed by atoms with van der Waals surface area (Å²) in [7, 11) is 0. The molecule has 0 amide bonds. The minimum Gasteiger partial charge on any atom is -0.486 e. The Labute approximate surface area is 387 Å². The number of benzene rings is 5. The molecule has 340 valence electrons. The predicted molar refractivity (Wildman–Crippen MR) is 268 cm³/mol. The molecule has 10 rings (SSSR count). The first-order valence-electron chi connectivity index (χ1n) is 22.6. The third kappa shape index (κ3) is 13.2. The minimum atomic E-state index is 0.0330. The summed E-state index contributed by atoms with van der Waals surface area (Å²) < 4.78 is 25.6. The van der Waals surface area contributed by atoms with E-state index in [9.17, 15) is 4.79 Å². The fourth-order valence-electron chi connectivity index (χ4n) is 6.80. The molecule has 5 aromatic carbocycles. The van der Waals surface area contributed by atoms with Crippen LogP contribution in [0.5, 0.6) is 11.5 Å². The molecule has 3 aromatic heterocycles. The molecule has 2 unspecified atom stereocenters. The third-order valence-electron chi connectivity index (χ3n) is 10.4. The van der Waals surface area contributed by atoms with Gasteiger partial charge in [0.25, 0.3) is 5.56 Å². The standard InChI is InChI=1S/C12H15NO.C11H12N2O.C11H14O2.C10H11NO.C10H11NS/c1-9(2)14-12-7-8-13-11-6-4-3-5-10(11)12;1-8(2)13-7-12-10-6-4-3-5-9(10)11(13)14;1-8(2)11-7-12-9-5-3-4-6-10(9)13-11;2*1-7(2)10-11-8-5-3-4-6-9(8)12-10/h3-6,8-9,12H,7H2,1-2H3;3-8H,1-2H3;3-6,8,11H,7H2,1-2H3;2*3-7H,1-2H3. The number of thiazole rings is 1. The lowest BCUT2D eigenvalue weighted by molar-refractivity contribution is 0.0111. The topological polar surface area (TPSA) is 114 Å². The number of fused-ring (bicyclic) bond motifs is 5. The van der Waals surface area contributed by atoms with Gasteiger partial charge in [-0.25, -0.2) is 15.0 Å². The number of para-hydroxylation sites is 7. The number of nitrogens with zero attached hydrogens (tertiary/aromatic N) is 5. The molecule has 2 aliphatic heterocycles. The Hall–Kier alpha value is -6.17. The van der Waals surface area contributed by atoms with Crippen LogP contribution in [-0.2, 0) is 4.74 Å². The summed E-state index contributed by atoms with van der Waals surface area (Å²) in [6.45, 7) is 21.5. The SMILES string of the molecule is CC(C)C1COc2ccccc2O1.CC(C)OC1CC=Nc2ccccc21.CC(C)c1nc2ccccc2o1.CC(C)c1nc2ccccc2s1.CC(C)n1cnc2ccccc2c1=O. The van der Waals surface area contributed by atoms with Crippen LogP contribution in [0.3, 0.4) is 0 Å². The van der Waals surface area contributed by atoms with Crippen molar-refractivity contribution in [1.29, 1.82) is 0 Å². The second-order valence-corrected chi connectivity index (χ2v) is 18.4. The molecule has 0 saturated carbocycles. The van der Waals surface area contributed by atoms with Gasteiger partial charge >= 0.3 is 0 Å². The maximum Gasteiger partial charge on any atom is 0.261 e. The van der Waals surface area contributed by atoms with Gasteiger partial charge in [-0.3, -0.25) is 14.4 Å². The van der Waals surface area contributed by atoms with Crippen LogP contribution >= 0.6 is 11.3 Å². The Balaban J connectivity index is 0.000000135. The lowest BCUT2D eigenvalue weighted by Crippen LogP contribution is -2.33. The fraction of sp³-hybridized carbons (Fsp3) is 0.352. The highest BCUT2D eigenvalue weighted by Crippen LogP contribution is 2.34. The maximum absolute atomic E-state index is 11.9. The van der Waals surface area contributed by atoms with Gasteiger partial charge < -0.3 is 18.6 Å². The van der Waals surface area contributed by atoms with E-state index < -0.39 is 0 Å². The van der Waals surface area contributed by atoms with E-state index in [0.717, 1.165) is 51.6 Å². The van der Waals surface area contributed by atoms with E-state index in [1.807, 2.05) is 117 Å². The van der Waals surface area contributed by atoms with Crippen LogP contribution in [0.4, 0.5) is 5.69 Å². The van der Waals surface area contributed by atoms with E-state index >= 15 is 0 Å². The monoisotopic (exact) mass is 893 g/mol. The predicted octanol–water partition coefficient (Wildman–Crippen LogP) is 14.1. The summed E-state index contributed by atoms with van der Waals surface area (Å²) in [4.78, 5) is 29.3. The quantitative estimate of drug-likeness (QED) is 0.162. The highest BCUT2D eigenvalue weighted by molar-refractivity contribution is 7.18. The Morgan fingerprint density at radius 3 is 2.02 bits per heavy atom. The highest BCUT2D eigenvalue weighted by atomic mass is 32.1. The smallest absolute Gasteiger partial charge is 0.261 e. The Bertz CT molecular complexity index is 2680. The molecule has 10 nitrogen and oxygen atoms in total. The molecule has 0 saturated heterocycles. The number of aliphatic imine (C=N–C) groups is 1. The van der Waals surface area contributed by atoms with Crippen molar-refractivity contribution in [3.05, 3.63) is 154 Å². The zero-order valence-corrected chi connectivity index (χ0v) is 40.2. The molecule has 0 spiro atoms. The summed E-state index contributed by atoms with van der Waals surface area (Å²) in [6.07, 6.45) is 5.07. The van der Waals surface area contributed by atoms with Crippen molar-refractivity contribution in [3.8, 4) is 11.5 Å². The molecule has 8 aromatic rings. The van der Waals surface area contributed by atoms with Crippen LogP contribution < -0.4 is 15.0 Å². The minimum absolute atomic E-state index is 0.0330. The van der Waals surface area contributed by atoms with Gasteiger partial charge in [-0.2, -0.15) is 0 Å². The molecule has 0 radical (unpaired) electrons. The largest absolute Gasteiger partial charge is 0.486 e. The second kappa shape index (κ2) is 23.1. The van der Waals surface area contributed by atoms with Gasteiger partial charge in [-0.15, -0.1) is 11.3 Å². The number of oxazole rings is 1. The van der Waals surface area contributed by atoms with Crippen LogP contribution in [0.1, 0.15) is 116 Å². The summed E-state index contributed by atoms with van der Waals surface area (Å²) >= 11 is 1.79. The van der Waals surface area contributed by atoms with Gasteiger partial charge in [0, 0.05) is 36.1 Å². The molecule has 0 N–H and O–H groups in total. The molecule has 11 heteroatoms. The molecule has 0 bridgehead atoms. The van der Waals surface area contributed by atoms with Crippen LogP contribution in [0.25, 0.3) is 32.2 Å². The van der Waals surface area contributed by atoms with Gasteiger partial charge in [0.1, 0.15) is 18.2 Å². The average Bonchev–Trinajstić information content (AvgIpc) is 3.96. The number of ether oxygens (including phenoxy) is 3. The van der Waals surface area contributed by atoms with Crippen LogP contribution in [0.2, 0.25) is 0 Å². The van der Waals surface area contributed by atoms with E-state index in [1.165, 1.54) is 15.3 Å². The van der Waals surface area contributed by atoms with E-state index in [2.05, 4.69) is 99.6 Å². The first-order valence-corrected chi connectivity index (χ1v) is 23.4. The van der Waals surface area contributed by atoms with Gasteiger partial charge in [0.15, 0.2) is 23.0 Å². The van der Waals surface area contributed by atoms with Crippen molar-refractivity contribution in [2.45, 2.75) is 112 Å². The normalized spacial score (nSPS) is 14.9. The molecule has 2 aliphatic rings. The van der Waals surface area contributed by atoms with E-state index in [4.69, 9.17) is 18.6 Å². The summed E-state index contributed by atoms with van der Waals surface area (Å²) in [6, 6.07) is 39.6. The lowest BCUT2D eigenvalue weighted by atomic mass is 10.0. The summed E-state index contributed by atoms with van der Waals surface area (Å²) in [5.41, 5.74) is 6.00. The fourth-order valence-corrected chi connectivity index (χ4v) is 7.77. The van der Waals surface area contributed by atoms with Crippen LogP contribution in [0.15, 0.2) is 142 Å². The molecular weight excluding hydrogens is 831 g/mol. The molecule has 2 atom stereocenters. The maximum atomic E-state index is 11.9.